The Labute approximate surface area is 222 Å². The van der Waals surface area contributed by atoms with E-state index in [4.69, 9.17) is 0 Å². The van der Waals surface area contributed by atoms with Crippen LogP contribution in [0.3, 0.4) is 0 Å². The highest BCUT2D eigenvalue weighted by Crippen LogP contribution is 2.30. The Kier molecular flexibility index (Phi) is 7.76. The van der Waals surface area contributed by atoms with E-state index in [1.807, 2.05) is 37.6 Å². The Balaban J connectivity index is 1.28. The molecule has 0 amide bonds. The molecule has 4 heterocycles. The van der Waals surface area contributed by atoms with Gasteiger partial charge in [0, 0.05) is 62.6 Å². The largest absolute Gasteiger partial charge is 0.326 e. The van der Waals surface area contributed by atoms with Gasteiger partial charge in [0.15, 0.2) is 11.6 Å². The summed E-state index contributed by atoms with van der Waals surface area (Å²) in [5.74, 6) is 0.140. The van der Waals surface area contributed by atoms with Crippen LogP contribution in [0, 0.1) is 18.6 Å². The molecule has 9 heteroatoms. The smallest absolute Gasteiger partial charge is 0.167 e. The van der Waals surface area contributed by atoms with E-state index in [-0.39, 0.29) is 17.3 Å². The second-order valence-corrected chi connectivity index (χ2v) is 10.3. The number of halogens is 2. The van der Waals surface area contributed by atoms with Gasteiger partial charge in [-0.1, -0.05) is 13.0 Å². The van der Waals surface area contributed by atoms with E-state index in [1.165, 1.54) is 17.8 Å². The number of rotatable bonds is 8. The van der Waals surface area contributed by atoms with Crippen LogP contribution >= 0.6 is 0 Å². The van der Waals surface area contributed by atoms with Gasteiger partial charge in [-0.05, 0) is 57.5 Å². The average Bonchev–Trinajstić information content (AvgIpc) is 3.26. The average molecular weight is 520 g/mol. The fourth-order valence-corrected chi connectivity index (χ4v) is 5.24. The van der Waals surface area contributed by atoms with Crippen LogP contribution in [0.1, 0.15) is 49.7 Å². The number of benzene rings is 1. The fourth-order valence-electron chi connectivity index (χ4n) is 5.24. The highest BCUT2D eigenvalue weighted by atomic mass is 19.1. The molecule has 1 aliphatic heterocycles. The Morgan fingerprint density at radius 2 is 1.66 bits per heavy atom. The van der Waals surface area contributed by atoms with Gasteiger partial charge in [-0.15, -0.1) is 0 Å². The third kappa shape index (κ3) is 5.59. The van der Waals surface area contributed by atoms with Gasteiger partial charge < -0.3 is 9.47 Å². The molecular weight excluding hydrogens is 484 g/mol. The van der Waals surface area contributed by atoms with Crippen molar-refractivity contribution in [2.45, 2.75) is 53.1 Å². The first kappa shape index (κ1) is 26.3. The van der Waals surface area contributed by atoms with Crippen LogP contribution in [0.15, 0.2) is 36.7 Å². The molecule has 0 saturated carbocycles. The number of imidazole rings is 1. The van der Waals surface area contributed by atoms with Crippen molar-refractivity contribution in [1.82, 2.24) is 34.3 Å². The quantitative estimate of drug-likeness (QED) is 0.327. The molecule has 7 nitrogen and oxygen atoms in total. The van der Waals surface area contributed by atoms with E-state index in [0.29, 0.717) is 35.6 Å². The van der Waals surface area contributed by atoms with Gasteiger partial charge >= 0.3 is 0 Å². The molecule has 0 unspecified atom stereocenters. The lowest BCUT2D eigenvalue weighted by Crippen LogP contribution is -2.45. The molecule has 5 rings (SSSR count). The van der Waals surface area contributed by atoms with Crippen molar-refractivity contribution >= 4 is 11.0 Å². The zero-order valence-corrected chi connectivity index (χ0v) is 22.6. The number of hydrogen-bond acceptors (Lipinski definition) is 6. The van der Waals surface area contributed by atoms with E-state index < -0.39 is 11.6 Å². The predicted octanol–water partition coefficient (Wildman–Crippen LogP) is 4.98. The Bertz CT molecular complexity index is 1410. The number of piperazine rings is 1. The summed E-state index contributed by atoms with van der Waals surface area (Å²) in [5.41, 5.74) is 3.52. The van der Waals surface area contributed by atoms with Crippen molar-refractivity contribution in [3.05, 3.63) is 71.2 Å². The maximum Gasteiger partial charge on any atom is 0.167 e. The van der Waals surface area contributed by atoms with Gasteiger partial charge in [0.25, 0.3) is 0 Å². The lowest BCUT2D eigenvalue weighted by Gasteiger charge is -2.33. The van der Waals surface area contributed by atoms with Crippen molar-refractivity contribution in [2.75, 3.05) is 32.7 Å². The van der Waals surface area contributed by atoms with Gasteiger partial charge in [-0.3, -0.25) is 9.88 Å². The summed E-state index contributed by atoms with van der Waals surface area (Å²) in [5, 5.41) is 0. The number of likely N-dealkylation sites (N-methyl/N-ethyl adjacent to an activating group) is 1. The minimum atomic E-state index is -0.581. The summed E-state index contributed by atoms with van der Waals surface area (Å²) in [7, 11) is 0. The minimum Gasteiger partial charge on any atom is -0.326 e. The highest BCUT2D eigenvalue weighted by Gasteiger charge is 2.19. The monoisotopic (exact) mass is 519 g/mol. The highest BCUT2D eigenvalue weighted by molar-refractivity contribution is 5.82. The number of aromatic nitrogens is 5. The molecule has 1 aromatic carbocycles. The van der Waals surface area contributed by atoms with E-state index >= 15 is 0 Å². The second kappa shape index (κ2) is 11.2. The van der Waals surface area contributed by atoms with Crippen LogP contribution in [0.4, 0.5) is 8.78 Å². The van der Waals surface area contributed by atoms with Crippen molar-refractivity contribution in [3.63, 3.8) is 0 Å². The molecule has 0 aliphatic carbocycles. The van der Waals surface area contributed by atoms with Crippen molar-refractivity contribution in [3.8, 4) is 11.3 Å². The number of pyridine rings is 1. The van der Waals surface area contributed by atoms with Crippen LogP contribution < -0.4 is 0 Å². The van der Waals surface area contributed by atoms with Crippen LogP contribution in [-0.2, 0) is 19.4 Å². The molecule has 0 atom stereocenters. The first-order valence-electron chi connectivity index (χ1n) is 13.4. The lowest BCUT2D eigenvalue weighted by molar-refractivity contribution is 0.132. The molecule has 0 radical (unpaired) electrons. The van der Waals surface area contributed by atoms with Crippen molar-refractivity contribution in [2.24, 2.45) is 0 Å². The Morgan fingerprint density at radius 3 is 2.34 bits per heavy atom. The van der Waals surface area contributed by atoms with Gasteiger partial charge in [0.2, 0.25) is 0 Å². The molecule has 4 aromatic rings. The molecule has 1 saturated heterocycles. The zero-order chi connectivity index (χ0) is 26.8. The second-order valence-electron chi connectivity index (χ2n) is 10.3. The van der Waals surface area contributed by atoms with E-state index in [0.717, 1.165) is 45.0 Å². The van der Waals surface area contributed by atoms with E-state index in [2.05, 4.69) is 42.7 Å². The van der Waals surface area contributed by atoms with Crippen LogP contribution in [0.2, 0.25) is 0 Å². The normalized spacial score (nSPS) is 15.1. The molecule has 3 aromatic heterocycles. The number of fused-ring (bicyclic) bond motifs is 1. The molecular formula is C29H35F2N7. The Hall–Kier alpha value is -3.30. The summed E-state index contributed by atoms with van der Waals surface area (Å²) in [6.07, 6.45) is 4.25. The van der Waals surface area contributed by atoms with Gasteiger partial charge in [0.05, 0.1) is 11.7 Å². The van der Waals surface area contributed by atoms with Gasteiger partial charge in [-0.25, -0.2) is 23.7 Å². The molecule has 0 bridgehead atoms. The summed E-state index contributed by atoms with van der Waals surface area (Å²) in [6.45, 7) is 14.5. The summed E-state index contributed by atoms with van der Waals surface area (Å²) in [4.78, 5) is 22.6. The third-order valence-corrected chi connectivity index (χ3v) is 7.32. The van der Waals surface area contributed by atoms with Crippen LogP contribution in [-0.4, -0.2) is 67.0 Å². The molecule has 0 spiro atoms. The summed E-state index contributed by atoms with van der Waals surface area (Å²) >= 11 is 0. The van der Waals surface area contributed by atoms with E-state index in [9.17, 15) is 8.78 Å². The van der Waals surface area contributed by atoms with Crippen LogP contribution in [0.5, 0.6) is 0 Å². The number of nitrogens with zero attached hydrogens (tertiary/aromatic N) is 7. The standard InChI is InChI=1S/C29H35F2N7/c1-5-36-10-12-37(13-11-36)18-21-6-7-23(32-16-21)8-9-27-33-17-25(31)28(35-27)22-14-24(30)29-26(15-22)38(19(2)3)20(4)34-29/h6-7,14-17,19H,5,8-13,18H2,1-4H3. The summed E-state index contributed by atoms with van der Waals surface area (Å²) < 4.78 is 31.7. The SMILES string of the molecule is CCN1CCN(Cc2ccc(CCc3ncc(F)c(-c4cc(F)c5nc(C)n(C(C)C)c5c4)n3)nc2)CC1. The van der Waals surface area contributed by atoms with Crippen molar-refractivity contribution in [1.29, 1.82) is 0 Å². The first-order valence-corrected chi connectivity index (χ1v) is 13.4. The minimum absolute atomic E-state index is 0.0885. The van der Waals surface area contributed by atoms with Gasteiger partial charge in [0.1, 0.15) is 22.9 Å². The van der Waals surface area contributed by atoms with E-state index in [1.54, 1.807) is 6.07 Å². The molecule has 38 heavy (non-hydrogen) atoms. The zero-order valence-electron chi connectivity index (χ0n) is 22.6. The van der Waals surface area contributed by atoms with Crippen molar-refractivity contribution < 1.29 is 8.78 Å². The Morgan fingerprint density at radius 1 is 0.895 bits per heavy atom. The lowest BCUT2D eigenvalue weighted by atomic mass is 10.1. The number of hydrogen-bond donors (Lipinski definition) is 0. The predicted molar refractivity (Wildman–Crippen MR) is 145 cm³/mol. The number of aryl methyl sites for hydroxylation is 3. The third-order valence-electron chi connectivity index (χ3n) is 7.32. The molecule has 1 aliphatic rings. The fraction of sp³-hybridized carbons (Fsp3) is 0.448. The summed E-state index contributed by atoms with van der Waals surface area (Å²) in [6, 6.07) is 7.32. The maximum absolute atomic E-state index is 14.9. The molecule has 1 fully saturated rings. The topological polar surface area (TPSA) is 63.0 Å². The first-order chi connectivity index (χ1) is 18.3. The molecule has 0 N–H and O–H groups in total. The molecule has 200 valence electrons. The maximum atomic E-state index is 14.9. The van der Waals surface area contributed by atoms with Crippen LogP contribution in [0.25, 0.3) is 22.3 Å². The van der Waals surface area contributed by atoms with Gasteiger partial charge in [-0.2, -0.15) is 0 Å².